The first kappa shape index (κ1) is 13.0. The summed E-state index contributed by atoms with van der Waals surface area (Å²) in [6, 6.07) is 5.85. The first-order valence-corrected chi connectivity index (χ1v) is 8.62. The molecule has 1 atom stereocenters. The number of rotatable bonds is 3. The lowest BCUT2D eigenvalue weighted by atomic mass is 10.4. The molecule has 7 heteroatoms. The maximum Gasteiger partial charge on any atom is 0.261 e. The number of halogens is 1. The number of hydrogen-bond donors (Lipinski definition) is 0. The van der Waals surface area contributed by atoms with E-state index in [0.29, 0.717) is 4.90 Å². The zero-order valence-corrected chi connectivity index (χ0v) is 11.4. The van der Waals surface area contributed by atoms with Crippen LogP contribution in [0.5, 0.6) is 0 Å². The first-order chi connectivity index (χ1) is 7.98. The Morgan fingerprint density at radius 3 is 2.12 bits per heavy atom. The van der Waals surface area contributed by atoms with Crippen LogP contribution in [0, 0.1) is 0 Å². The molecule has 1 aromatic carbocycles. The van der Waals surface area contributed by atoms with E-state index in [2.05, 4.69) is 0 Å². The zero-order chi connectivity index (χ0) is 12.5. The van der Waals surface area contributed by atoms with Crippen LogP contribution in [0.15, 0.2) is 34.1 Å². The highest BCUT2D eigenvalue weighted by Crippen LogP contribution is 2.20. The topological polar surface area (TPSA) is 54.5 Å². The van der Waals surface area contributed by atoms with Gasteiger partial charge in [0.25, 0.3) is 9.05 Å². The van der Waals surface area contributed by atoms with E-state index in [1.807, 2.05) is 4.31 Å². The Hall–Kier alpha value is -0.430. The van der Waals surface area contributed by atoms with Crippen LogP contribution in [0.25, 0.3) is 0 Å². The standard InChI is InChI=1S/C10H12ClNO3S2/c11-17(14,15)10-5-3-9(4-6-10)16(13)12-7-1-2-8-12/h3-6H,1-2,7-8H2. The van der Waals surface area contributed by atoms with Crippen molar-refractivity contribution in [2.45, 2.75) is 22.6 Å². The Labute approximate surface area is 108 Å². The molecule has 2 rings (SSSR count). The summed E-state index contributed by atoms with van der Waals surface area (Å²) in [6.07, 6.45) is 2.11. The lowest BCUT2D eigenvalue weighted by molar-refractivity contribution is 0.536. The molecule has 0 bridgehead atoms. The summed E-state index contributed by atoms with van der Waals surface area (Å²) in [5.74, 6) is 0. The summed E-state index contributed by atoms with van der Waals surface area (Å²) in [6.45, 7) is 1.64. The lowest BCUT2D eigenvalue weighted by Gasteiger charge is -2.13. The van der Waals surface area contributed by atoms with Gasteiger partial charge in [0.15, 0.2) is 0 Å². The van der Waals surface area contributed by atoms with Crippen molar-refractivity contribution >= 4 is 30.7 Å². The third-order valence-electron chi connectivity index (χ3n) is 2.61. The van der Waals surface area contributed by atoms with Crippen molar-refractivity contribution in [1.82, 2.24) is 4.31 Å². The molecule has 0 N–H and O–H groups in total. The predicted molar refractivity (Wildman–Crippen MR) is 66.7 cm³/mol. The molecule has 0 radical (unpaired) electrons. The normalized spacial score (nSPS) is 19.4. The van der Waals surface area contributed by atoms with Crippen molar-refractivity contribution in [3.63, 3.8) is 0 Å². The molecule has 1 fully saturated rings. The van der Waals surface area contributed by atoms with E-state index < -0.39 is 20.0 Å². The zero-order valence-electron chi connectivity index (χ0n) is 9.00. The second-order valence-electron chi connectivity index (χ2n) is 3.79. The predicted octanol–water partition coefficient (Wildman–Crippen LogP) is 1.73. The first-order valence-electron chi connectivity index (χ1n) is 5.20. The molecule has 1 aromatic rings. The molecule has 1 heterocycles. The summed E-state index contributed by atoms with van der Waals surface area (Å²) in [7, 11) is 0.301. The molecule has 4 nitrogen and oxygen atoms in total. The van der Waals surface area contributed by atoms with E-state index in [1.54, 1.807) is 12.1 Å². The van der Waals surface area contributed by atoms with Crippen LogP contribution in [0.1, 0.15) is 12.8 Å². The average Bonchev–Trinajstić information content (AvgIpc) is 2.80. The lowest BCUT2D eigenvalue weighted by Crippen LogP contribution is -2.22. The van der Waals surface area contributed by atoms with Gasteiger partial charge in [0, 0.05) is 23.8 Å². The second-order valence-corrected chi connectivity index (χ2v) is 7.85. The van der Waals surface area contributed by atoms with Gasteiger partial charge >= 0.3 is 0 Å². The maximum atomic E-state index is 12.1. The van der Waals surface area contributed by atoms with Gasteiger partial charge in [-0.15, -0.1) is 0 Å². The highest BCUT2D eigenvalue weighted by Gasteiger charge is 2.19. The van der Waals surface area contributed by atoms with Crippen LogP contribution in [-0.2, 0) is 20.0 Å². The van der Waals surface area contributed by atoms with E-state index in [4.69, 9.17) is 10.7 Å². The summed E-state index contributed by atoms with van der Waals surface area (Å²) >= 11 is 0. The van der Waals surface area contributed by atoms with Gasteiger partial charge in [-0.25, -0.2) is 16.9 Å². The van der Waals surface area contributed by atoms with Crippen LogP contribution >= 0.6 is 10.7 Å². The van der Waals surface area contributed by atoms with Gasteiger partial charge in [-0.1, -0.05) is 0 Å². The van der Waals surface area contributed by atoms with Crippen molar-refractivity contribution < 1.29 is 12.6 Å². The van der Waals surface area contributed by atoms with Gasteiger partial charge in [-0.2, -0.15) is 0 Å². The molecule has 0 aromatic heterocycles. The van der Waals surface area contributed by atoms with Crippen molar-refractivity contribution in [3.05, 3.63) is 24.3 Å². The van der Waals surface area contributed by atoms with Crippen LogP contribution < -0.4 is 0 Å². The minimum absolute atomic E-state index is 0.0290. The van der Waals surface area contributed by atoms with Crippen LogP contribution in [0.2, 0.25) is 0 Å². The fraction of sp³-hybridized carbons (Fsp3) is 0.400. The Morgan fingerprint density at radius 2 is 1.65 bits per heavy atom. The Bertz CT molecular complexity index is 521. The van der Waals surface area contributed by atoms with Crippen LogP contribution in [0.4, 0.5) is 0 Å². The van der Waals surface area contributed by atoms with Crippen LogP contribution in [0.3, 0.4) is 0 Å². The van der Waals surface area contributed by atoms with E-state index in [0.717, 1.165) is 25.9 Å². The molecule has 1 aliphatic rings. The largest absolute Gasteiger partial charge is 0.261 e. The van der Waals surface area contributed by atoms with E-state index in [9.17, 15) is 12.6 Å². The summed E-state index contributed by atoms with van der Waals surface area (Å²) < 4.78 is 36.0. The molecule has 1 aliphatic heterocycles. The minimum Gasteiger partial charge on any atom is -0.237 e. The van der Waals surface area contributed by atoms with Crippen LogP contribution in [-0.4, -0.2) is 30.0 Å². The maximum absolute atomic E-state index is 12.1. The van der Waals surface area contributed by atoms with Crippen molar-refractivity contribution in [3.8, 4) is 0 Å². The Kier molecular flexibility index (Phi) is 3.87. The van der Waals surface area contributed by atoms with Gasteiger partial charge < -0.3 is 0 Å². The molecular formula is C10H12ClNO3S2. The van der Waals surface area contributed by atoms with Crippen molar-refractivity contribution in [2.75, 3.05) is 13.1 Å². The monoisotopic (exact) mass is 293 g/mol. The third-order valence-corrected chi connectivity index (χ3v) is 5.49. The molecule has 0 saturated carbocycles. The molecule has 0 spiro atoms. The van der Waals surface area contributed by atoms with Gasteiger partial charge in [0.1, 0.15) is 11.0 Å². The SMILES string of the molecule is O=S(c1ccc(S(=O)(=O)Cl)cc1)N1CCCC1. The van der Waals surface area contributed by atoms with Gasteiger partial charge in [0.2, 0.25) is 0 Å². The molecule has 1 unspecified atom stereocenters. The smallest absolute Gasteiger partial charge is 0.237 e. The van der Waals surface area contributed by atoms with E-state index in [-0.39, 0.29) is 4.90 Å². The number of benzene rings is 1. The van der Waals surface area contributed by atoms with Gasteiger partial charge in [-0.05, 0) is 37.1 Å². The fourth-order valence-corrected chi connectivity index (χ4v) is 3.75. The summed E-state index contributed by atoms with van der Waals surface area (Å²) in [5.41, 5.74) is 0. The van der Waals surface area contributed by atoms with E-state index in [1.165, 1.54) is 12.1 Å². The molecule has 94 valence electrons. The highest BCUT2D eigenvalue weighted by molar-refractivity contribution is 8.13. The van der Waals surface area contributed by atoms with Crippen molar-refractivity contribution in [2.24, 2.45) is 0 Å². The molecular weight excluding hydrogens is 282 g/mol. The molecule has 0 amide bonds. The Morgan fingerprint density at radius 1 is 1.12 bits per heavy atom. The van der Waals surface area contributed by atoms with Gasteiger partial charge in [-0.3, -0.25) is 0 Å². The van der Waals surface area contributed by atoms with Crippen molar-refractivity contribution in [1.29, 1.82) is 0 Å². The quantitative estimate of drug-likeness (QED) is 0.798. The molecule has 1 saturated heterocycles. The third kappa shape index (κ3) is 3.07. The van der Waals surface area contributed by atoms with Gasteiger partial charge in [0.05, 0.1) is 9.79 Å². The van der Waals surface area contributed by atoms with E-state index >= 15 is 0 Å². The average molecular weight is 294 g/mol. The highest BCUT2D eigenvalue weighted by atomic mass is 35.7. The summed E-state index contributed by atoms with van der Waals surface area (Å²) in [5, 5.41) is 0. The number of nitrogens with zero attached hydrogens (tertiary/aromatic N) is 1. The Balaban J connectivity index is 2.20. The summed E-state index contributed by atoms with van der Waals surface area (Å²) in [4.78, 5) is 0.636. The molecule has 0 aliphatic carbocycles. The number of hydrogen-bond acceptors (Lipinski definition) is 3. The second kappa shape index (κ2) is 5.06. The molecule has 17 heavy (non-hydrogen) atoms. The minimum atomic E-state index is -3.70. The fourth-order valence-electron chi connectivity index (χ4n) is 1.72.